The molecule has 11 nitrogen and oxygen atoms in total. The summed E-state index contributed by atoms with van der Waals surface area (Å²) in [5, 5.41) is 29.4. The van der Waals surface area contributed by atoms with Crippen molar-refractivity contribution in [2.45, 2.75) is 111 Å². The average Bonchev–Trinajstić information content (AvgIpc) is 3.48. The fraction of sp³-hybridized carbons (Fsp3) is 0.600. The Morgan fingerprint density at radius 1 is 1.18 bits per heavy atom. The molecule has 0 saturated heterocycles. The Kier molecular flexibility index (Phi) is 14.3. The second kappa shape index (κ2) is 17.8. The summed E-state index contributed by atoms with van der Waals surface area (Å²) < 4.78 is 0. The third-order valence-corrected chi connectivity index (χ3v) is 10.9. The molecule has 1 fully saturated rings. The van der Waals surface area contributed by atoms with Gasteiger partial charge in [-0.25, -0.2) is 0 Å². The molecule has 1 aromatic heterocycles. The molecule has 0 spiro atoms. The number of hydrogen-bond donors (Lipinski definition) is 2. The zero-order chi connectivity index (χ0) is 38.2. The van der Waals surface area contributed by atoms with Crippen LogP contribution < -0.4 is 5.32 Å². The molecule has 4 rings (SSSR count). The number of H-pyrrole nitrogens is 1. The van der Waals surface area contributed by atoms with Crippen molar-refractivity contribution in [3.05, 3.63) is 75.8 Å². The number of benzene rings is 1. The first-order chi connectivity index (χ1) is 24.2. The van der Waals surface area contributed by atoms with Gasteiger partial charge in [0.05, 0.1) is 18.0 Å². The molecule has 2 aromatic rings. The van der Waals surface area contributed by atoms with Crippen molar-refractivity contribution in [2.24, 2.45) is 11.8 Å². The highest BCUT2D eigenvalue weighted by Gasteiger charge is 2.52. The second-order valence-corrected chi connectivity index (χ2v) is 14.2. The predicted octanol–water partition coefficient (Wildman–Crippen LogP) is 6.04. The van der Waals surface area contributed by atoms with Crippen LogP contribution in [0.1, 0.15) is 108 Å². The molecular formula is C40H61N9O2. The van der Waals surface area contributed by atoms with E-state index < -0.39 is 11.5 Å². The van der Waals surface area contributed by atoms with Gasteiger partial charge in [0.1, 0.15) is 6.04 Å². The maximum absolute atomic E-state index is 13.8. The summed E-state index contributed by atoms with van der Waals surface area (Å²) in [5.41, 5.74) is 6.10. The molecule has 0 bridgehead atoms. The summed E-state index contributed by atoms with van der Waals surface area (Å²) in [6.45, 7) is 20.9. The van der Waals surface area contributed by atoms with Crippen LogP contribution in [0.5, 0.6) is 0 Å². The zero-order valence-electron chi connectivity index (χ0n) is 33.1. The molecule has 2 aliphatic carbocycles. The number of tetrazole rings is 1. The molecule has 2 aliphatic rings. The minimum absolute atomic E-state index is 0.0572. The van der Waals surface area contributed by atoms with Crippen molar-refractivity contribution < 1.29 is 9.59 Å². The first-order valence-corrected chi connectivity index (χ1v) is 18.5. The average molecular weight is 700 g/mol. The van der Waals surface area contributed by atoms with Crippen molar-refractivity contribution in [2.75, 3.05) is 34.7 Å². The minimum Gasteiger partial charge on any atom is -0.378 e. The van der Waals surface area contributed by atoms with Crippen molar-refractivity contribution in [1.29, 1.82) is 5.26 Å². The molecule has 1 heterocycles. The number of nitrogens with zero attached hydrogens (tertiary/aromatic N) is 7. The van der Waals surface area contributed by atoms with E-state index in [0.29, 0.717) is 29.6 Å². The summed E-state index contributed by atoms with van der Waals surface area (Å²) in [6.07, 6.45) is 5.95. The van der Waals surface area contributed by atoms with Crippen molar-refractivity contribution in [1.82, 2.24) is 40.6 Å². The van der Waals surface area contributed by atoms with E-state index in [1.54, 1.807) is 23.9 Å². The number of aryl methyl sites for hydroxylation is 1. The number of allylic oxidation sites excluding steroid dienone is 4. The van der Waals surface area contributed by atoms with Gasteiger partial charge in [-0.1, -0.05) is 70.5 Å². The molecule has 51 heavy (non-hydrogen) atoms. The monoisotopic (exact) mass is 699 g/mol. The Hall–Kier alpha value is -4.30. The number of rotatable bonds is 14. The molecule has 0 radical (unpaired) electrons. The Morgan fingerprint density at radius 3 is 2.39 bits per heavy atom. The molecule has 6 atom stereocenters. The summed E-state index contributed by atoms with van der Waals surface area (Å²) in [7, 11) is 7.49. The first-order valence-electron chi connectivity index (χ1n) is 18.5. The van der Waals surface area contributed by atoms with Gasteiger partial charge in [0.2, 0.25) is 5.91 Å². The quantitative estimate of drug-likeness (QED) is 0.228. The van der Waals surface area contributed by atoms with Crippen LogP contribution in [0.2, 0.25) is 0 Å². The van der Waals surface area contributed by atoms with Crippen LogP contribution in [0.25, 0.3) is 0 Å². The topological polar surface area (TPSA) is 134 Å². The number of aromatic amines is 1. The fourth-order valence-electron chi connectivity index (χ4n) is 7.76. The number of carbonyl (C=O) groups is 2. The van der Waals surface area contributed by atoms with Gasteiger partial charge in [0.25, 0.3) is 5.91 Å². The molecule has 0 aliphatic heterocycles. The zero-order valence-corrected chi connectivity index (χ0v) is 33.1. The van der Waals surface area contributed by atoms with Crippen LogP contribution in [0.4, 0.5) is 0 Å². The molecule has 2 amide bonds. The van der Waals surface area contributed by atoms with Gasteiger partial charge in [0, 0.05) is 51.5 Å². The normalized spacial score (nSPS) is 22.3. The van der Waals surface area contributed by atoms with E-state index in [4.69, 9.17) is 0 Å². The van der Waals surface area contributed by atoms with Gasteiger partial charge in [-0.05, 0) is 92.7 Å². The van der Waals surface area contributed by atoms with Gasteiger partial charge in [-0.2, -0.15) is 10.5 Å². The number of amides is 2. The largest absolute Gasteiger partial charge is 0.378 e. The lowest BCUT2D eigenvalue weighted by atomic mass is 9.67. The van der Waals surface area contributed by atoms with Gasteiger partial charge < -0.3 is 20.0 Å². The first kappa shape index (κ1) is 41.1. The van der Waals surface area contributed by atoms with E-state index in [1.165, 1.54) is 0 Å². The van der Waals surface area contributed by atoms with Gasteiger partial charge in [-0.15, -0.1) is 10.2 Å². The maximum Gasteiger partial charge on any atom is 0.253 e. The van der Waals surface area contributed by atoms with Gasteiger partial charge in [0.15, 0.2) is 5.82 Å². The Labute approximate surface area is 306 Å². The van der Waals surface area contributed by atoms with E-state index in [1.807, 2.05) is 51.9 Å². The number of nitrogens with one attached hydrogen (secondary N) is 2. The maximum atomic E-state index is 13.8. The summed E-state index contributed by atoms with van der Waals surface area (Å²) in [6, 6.07) is 7.73. The lowest BCUT2D eigenvalue weighted by Crippen LogP contribution is -2.48. The van der Waals surface area contributed by atoms with Crippen molar-refractivity contribution >= 4 is 11.8 Å². The predicted molar refractivity (Wildman–Crippen MR) is 204 cm³/mol. The lowest BCUT2D eigenvalue weighted by molar-refractivity contribution is -0.132. The molecular weight excluding hydrogens is 639 g/mol. The number of likely N-dealkylation sites (N-methyl/N-ethyl adjacent to an activating group) is 1. The van der Waals surface area contributed by atoms with E-state index in [9.17, 15) is 14.9 Å². The Balaban J connectivity index is 0.00000345. The highest BCUT2D eigenvalue weighted by atomic mass is 16.2. The van der Waals surface area contributed by atoms with E-state index in [2.05, 4.69) is 85.4 Å². The summed E-state index contributed by atoms with van der Waals surface area (Å²) in [5.74, 6) is 1.22. The SMILES string of the molecule is C=C(/C(C)=C/C1=C(C)C(C[C@@H](CC)NCC(=O)N(C(C)C#N)C2C(C)C2CC)(c2nn[nH]n2)c2ccc(C(=O)N(C)C)cc2CC1)N(C)C.CC. The second-order valence-electron chi connectivity index (χ2n) is 14.2. The lowest BCUT2D eigenvalue weighted by Gasteiger charge is -2.37. The van der Waals surface area contributed by atoms with Crippen LogP contribution >= 0.6 is 0 Å². The highest BCUT2D eigenvalue weighted by Crippen LogP contribution is 2.48. The molecule has 1 saturated carbocycles. The Bertz CT molecular complexity index is 1640. The fourth-order valence-corrected chi connectivity index (χ4v) is 7.76. The van der Waals surface area contributed by atoms with Gasteiger partial charge in [-0.3, -0.25) is 9.59 Å². The summed E-state index contributed by atoms with van der Waals surface area (Å²) in [4.78, 5) is 32.3. The highest BCUT2D eigenvalue weighted by molar-refractivity contribution is 5.94. The third kappa shape index (κ3) is 8.61. The van der Waals surface area contributed by atoms with Crippen LogP contribution in [0.3, 0.4) is 0 Å². The molecule has 5 unspecified atom stereocenters. The molecule has 1 aromatic carbocycles. The van der Waals surface area contributed by atoms with Crippen LogP contribution in [0, 0.1) is 23.2 Å². The number of nitriles is 1. The minimum atomic E-state index is -0.821. The molecule has 278 valence electrons. The summed E-state index contributed by atoms with van der Waals surface area (Å²) >= 11 is 0. The van der Waals surface area contributed by atoms with Crippen LogP contribution in [0.15, 0.2) is 53.3 Å². The van der Waals surface area contributed by atoms with Crippen LogP contribution in [-0.2, 0) is 16.6 Å². The molecule has 2 N–H and O–H groups in total. The van der Waals surface area contributed by atoms with E-state index >= 15 is 0 Å². The third-order valence-electron chi connectivity index (χ3n) is 10.9. The van der Waals surface area contributed by atoms with E-state index in [-0.39, 0.29) is 30.4 Å². The molecule has 11 heteroatoms. The number of carbonyl (C=O) groups excluding carboxylic acids is 2. The smallest absolute Gasteiger partial charge is 0.253 e. The Morgan fingerprint density at radius 2 is 1.86 bits per heavy atom. The number of fused-ring (bicyclic) bond motifs is 1. The van der Waals surface area contributed by atoms with Crippen molar-refractivity contribution in [3.63, 3.8) is 0 Å². The number of hydrogen-bond acceptors (Lipinski definition) is 8. The van der Waals surface area contributed by atoms with Crippen molar-refractivity contribution in [3.8, 4) is 6.07 Å². The number of aromatic nitrogens is 4. The van der Waals surface area contributed by atoms with Crippen LogP contribution in [-0.4, -0.2) is 100.0 Å². The van der Waals surface area contributed by atoms with E-state index in [0.717, 1.165) is 59.2 Å². The van der Waals surface area contributed by atoms with Gasteiger partial charge >= 0.3 is 0 Å². The standard InChI is InChI=1S/C38H55N9O2.C2H6/c1-12-31(40-22-34(48)47(24(4)21-39)35-25(5)32(35)13-2)20-38(37-41-43-44-42-37)26(6)28(18-23(3)27(7)45(8)9)14-15-29-19-30(16-17-33(29)38)36(49)46(10)11;1-2/h16-19,24-25,31-32,35,40H,7,12-15,20,22H2,1-6,8-11H3,(H,41,42,43,44);1-2H3/b23-18+;/t24?,25?,31-,32?,35?,38?;/m1./s1.